The summed E-state index contributed by atoms with van der Waals surface area (Å²) in [5.74, 6) is 2.71. The second-order valence-corrected chi connectivity index (χ2v) is 6.52. The number of carbonyl (C=O) groups is 1. The summed E-state index contributed by atoms with van der Waals surface area (Å²) in [5, 5.41) is 2.91. The third-order valence-electron chi connectivity index (χ3n) is 3.98. The summed E-state index contributed by atoms with van der Waals surface area (Å²) in [7, 11) is 3.14. The van der Waals surface area contributed by atoms with Gasteiger partial charge in [0.1, 0.15) is 12.4 Å². The van der Waals surface area contributed by atoms with Crippen LogP contribution >= 0.6 is 11.8 Å². The maximum absolute atomic E-state index is 12.6. The van der Waals surface area contributed by atoms with Crippen molar-refractivity contribution in [1.82, 2.24) is 9.55 Å². The summed E-state index contributed by atoms with van der Waals surface area (Å²) >= 11 is 1.68. The van der Waals surface area contributed by atoms with Gasteiger partial charge in [0.15, 0.2) is 11.5 Å². The Kier molecular flexibility index (Phi) is 5.68. The van der Waals surface area contributed by atoms with E-state index in [1.54, 1.807) is 44.2 Å². The first kappa shape index (κ1) is 18.1. The average Bonchev–Trinajstić information content (AvgIpc) is 2.99. The number of para-hydroxylation sites is 2. The van der Waals surface area contributed by atoms with Crippen LogP contribution in [-0.4, -0.2) is 35.9 Å². The van der Waals surface area contributed by atoms with Crippen LogP contribution in [0, 0.1) is 0 Å². The standard InChI is InChI=1S/C19H21N3O3S/c1-24-16-9-8-13(10-17(16)25-2)20-19(23)11-22-15-7-5-4-6-14(15)21-18(22)12-26-3/h4-10H,11-12H2,1-3H3,(H,20,23). The zero-order valence-electron chi connectivity index (χ0n) is 15.0. The number of thioether (sulfide) groups is 1. The van der Waals surface area contributed by atoms with E-state index in [4.69, 9.17) is 9.47 Å². The topological polar surface area (TPSA) is 65.4 Å². The van der Waals surface area contributed by atoms with Gasteiger partial charge in [-0.3, -0.25) is 4.79 Å². The number of ether oxygens (including phenoxy) is 2. The van der Waals surface area contributed by atoms with Crippen LogP contribution in [0.15, 0.2) is 42.5 Å². The second kappa shape index (κ2) is 8.14. The summed E-state index contributed by atoms with van der Waals surface area (Å²) < 4.78 is 12.5. The van der Waals surface area contributed by atoms with Crippen molar-refractivity contribution in [1.29, 1.82) is 0 Å². The van der Waals surface area contributed by atoms with E-state index in [1.807, 2.05) is 35.1 Å². The molecule has 6 nitrogen and oxygen atoms in total. The van der Waals surface area contributed by atoms with Gasteiger partial charge in [0, 0.05) is 11.8 Å². The normalized spacial score (nSPS) is 10.7. The molecule has 0 spiro atoms. The van der Waals surface area contributed by atoms with Crippen molar-refractivity contribution in [3.8, 4) is 11.5 Å². The number of methoxy groups -OCH3 is 2. The molecule has 7 heteroatoms. The number of fused-ring (bicyclic) bond motifs is 1. The van der Waals surface area contributed by atoms with E-state index in [0.717, 1.165) is 22.6 Å². The Labute approximate surface area is 156 Å². The molecule has 136 valence electrons. The lowest BCUT2D eigenvalue weighted by Gasteiger charge is -2.12. The molecule has 0 fully saturated rings. The van der Waals surface area contributed by atoms with Crippen LogP contribution in [0.2, 0.25) is 0 Å². The largest absolute Gasteiger partial charge is 0.493 e. The first-order chi connectivity index (χ1) is 12.7. The molecular weight excluding hydrogens is 350 g/mol. The number of nitrogens with zero attached hydrogens (tertiary/aromatic N) is 2. The van der Waals surface area contributed by atoms with Crippen LogP contribution in [0.4, 0.5) is 5.69 Å². The fourth-order valence-corrected chi connectivity index (χ4v) is 3.28. The van der Waals surface area contributed by atoms with Gasteiger partial charge in [-0.1, -0.05) is 12.1 Å². The molecule has 0 atom stereocenters. The van der Waals surface area contributed by atoms with Gasteiger partial charge in [0.2, 0.25) is 5.91 Å². The molecular formula is C19H21N3O3S. The molecule has 0 saturated heterocycles. The van der Waals surface area contributed by atoms with Crippen molar-refractivity contribution in [2.45, 2.75) is 12.3 Å². The van der Waals surface area contributed by atoms with E-state index in [1.165, 1.54) is 0 Å². The molecule has 0 radical (unpaired) electrons. The molecule has 0 aliphatic heterocycles. The SMILES string of the molecule is COc1ccc(NC(=O)Cn2c(CSC)nc3ccccc32)cc1OC. The highest BCUT2D eigenvalue weighted by Crippen LogP contribution is 2.29. The van der Waals surface area contributed by atoms with Gasteiger partial charge in [-0.2, -0.15) is 11.8 Å². The number of nitrogens with one attached hydrogen (secondary N) is 1. The maximum Gasteiger partial charge on any atom is 0.244 e. The molecule has 26 heavy (non-hydrogen) atoms. The van der Waals surface area contributed by atoms with Gasteiger partial charge in [-0.05, 0) is 30.5 Å². The minimum Gasteiger partial charge on any atom is -0.493 e. The van der Waals surface area contributed by atoms with Crippen molar-refractivity contribution in [2.24, 2.45) is 0 Å². The summed E-state index contributed by atoms with van der Waals surface area (Å²) in [6.07, 6.45) is 2.02. The number of aromatic nitrogens is 2. The number of anilines is 1. The second-order valence-electron chi connectivity index (χ2n) is 5.65. The lowest BCUT2D eigenvalue weighted by Crippen LogP contribution is -2.20. The average molecular weight is 371 g/mol. The number of rotatable bonds is 7. The molecule has 3 aromatic rings. The Balaban J connectivity index is 1.82. The van der Waals surface area contributed by atoms with Gasteiger partial charge in [0.25, 0.3) is 0 Å². The zero-order valence-corrected chi connectivity index (χ0v) is 15.8. The van der Waals surface area contributed by atoms with Crippen LogP contribution in [0.25, 0.3) is 11.0 Å². The quantitative estimate of drug-likeness (QED) is 0.688. The van der Waals surface area contributed by atoms with E-state index in [0.29, 0.717) is 17.2 Å². The summed E-state index contributed by atoms with van der Waals surface area (Å²) in [4.78, 5) is 17.2. The number of amides is 1. The number of hydrogen-bond acceptors (Lipinski definition) is 5. The summed E-state index contributed by atoms with van der Waals surface area (Å²) in [6, 6.07) is 13.1. The Morgan fingerprint density at radius 3 is 2.65 bits per heavy atom. The summed E-state index contributed by atoms with van der Waals surface area (Å²) in [6.45, 7) is 0.199. The highest BCUT2D eigenvalue weighted by molar-refractivity contribution is 7.97. The molecule has 1 heterocycles. The molecule has 0 bridgehead atoms. The fraction of sp³-hybridized carbons (Fsp3) is 0.263. The molecule has 1 aromatic heterocycles. The minimum atomic E-state index is -0.122. The van der Waals surface area contributed by atoms with Gasteiger partial charge in [-0.25, -0.2) is 4.98 Å². The fourth-order valence-electron chi connectivity index (χ4n) is 2.80. The molecule has 1 N–H and O–H groups in total. The van der Waals surface area contributed by atoms with E-state index < -0.39 is 0 Å². The Hall–Kier alpha value is -2.67. The lowest BCUT2D eigenvalue weighted by atomic mass is 10.2. The number of hydrogen-bond donors (Lipinski definition) is 1. The van der Waals surface area contributed by atoms with Crippen LogP contribution in [-0.2, 0) is 17.1 Å². The molecule has 0 aliphatic rings. The highest BCUT2D eigenvalue weighted by atomic mass is 32.2. The van der Waals surface area contributed by atoms with Gasteiger partial charge in [0.05, 0.1) is 31.0 Å². The van der Waals surface area contributed by atoms with E-state index >= 15 is 0 Å². The van der Waals surface area contributed by atoms with Crippen molar-refractivity contribution in [2.75, 3.05) is 25.8 Å². The van der Waals surface area contributed by atoms with E-state index in [2.05, 4.69) is 10.3 Å². The molecule has 0 unspecified atom stereocenters. The number of imidazole rings is 1. The zero-order chi connectivity index (χ0) is 18.5. The van der Waals surface area contributed by atoms with Gasteiger partial charge >= 0.3 is 0 Å². The first-order valence-electron chi connectivity index (χ1n) is 8.11. The van der Waals surface area contributed by atoms with E-state index in [9.17, 15) is 4.79 Å². The molecule has 2 aromatic carbocycles. The Morgan fingerprint density at radius 2 is 1.92 bits per heavy atom. The predicted molar refractivity (Wildman–Crippen MR) is 105 cm³/mol. The Morgan fingerprint density at radius 1 is 1.15 bits per heavy atom. The van der Waals surface area contributed by atoms with Crippen LogP contribution in [0.5, 0.6) is 11.5 Å². The third-order valence-corrected chi connectivity index (χ3v) is 4.52. The lowest BCUT2D eigenvalue weighted by molar-refractivity contribution is -0.116. The van der Waals surface area contributed by atoms with Crippen molar-refractivity contribution >= 4 is 34.4 Å². The summed E-state index contributed by atoms with van der Waals surface area (Å²) in [5.41, 5.74) is 2.51. The predicted octanol–water partition coefficient (Wildman–Crippen LogP) is 3.56. The smallest absolute Gasteiger partial charge is 0.244 e. The minimum absolute atomic E-state index is 0.122. The molecule has 0 aliphatic carbocycles. The first-order valence-corrected chi connectivity index (χ1v) is 9.50. The number of carbonyl (C=O) groups excluding carboxylic acids is 1. The van der Waals surface area contributed by atoms with Crippen LogP contribution in [0.3, 0.4) is 0 Å². The van der Waals surface area contributed by atoms with E-state index in [-0.39, 0.29) is 12.5 Å². The van der Waals surface area contributed by atoms with Crippen molar-refractivity contribution in [3.63, 3.8) is 0 Å². The van der Waals surface area contributed by atoms with Gasteiger partial charge in [-0.15, -0.1) is 0 Å². The maximum atomic E-state index is 12.6. The van der Waals surface area contributed by atoms with Crippen molar-refractivity contribution < 1.29 is 14.3 Å². The van der Waals surface area contributed by atoms with Crippen molar-refractivity contribution in [3.05, 3.63) is 48.3 Å². The monoisotopic (exact) mass is 371 g/mol. The van der Waals surface area contributed by atoms with Crippen LogP contribution in [0.1, 0.15) is 5.82 Å². The third kappa shape index (κ3) is 3.77. The van der Waals surface area contributed by atoms with Crippen LogP contribution < -0.4 is 14.8 Å². The van der Waals surface area contributed by atoms with Gasteiger partial charge < -0.3 is 19.4 Å². The molecule has 1 amide bonds. The Bertz CT molecular complexity index is 924. The number of benzene rings is 2. The molecule has 0 saturated carbocycles. The molecule has 3 rings (SSSR count). The highest BCUT2D eigenvalue weighted by Gasteiger charge is 2.14.